The van der Waals surface area contributed by atoms with Gasteiger partial charge >= 0.3 is 0 Å². The predicted octanol–water partition coefficient (Wildman–Crippen LogP) is 1.44. The summed E-state index contributed by atoms with van der Waals surface area (Å²) in [5.41, 5.74) is 0. The van der Waals surface area contributed by atoms with Gasteiger partial charge in [-0.15, -0.1) is 0 Å². The first-order valence-electron chi connectivity index (χ1n) is 3.94. The van der Waals surface area contributed by atoms with Crippen molar-refractivity contribution in [2.75, 3.05) is 14.1 Å². The lowest BCUT2D eigenvalue weighted by molar-refractivity contribution is 0.275. The number of aromatic nitrogens is 2. The van der Waals surface area contributed by atoms with Gasteiger partial charge in [0.2, 0.25) is 0 Å². The third kappa shape index (κ3) is 2.75. The smallest absolute Gasteiger partial charge is 0.0623 e. The van der Waals surface area contributed by atoms with E-state index in [1.165, 1.54) is 3.57 Å². The summed E-state index contributed by atoms with van der Waals surface area (Å²) in [5.74, 6) is 0. The number of halogens is 1. The molecule has 0 aromatic carbocycles. The van der Waals surface area contributed by atoms with Gasteiger partial charge in [0.1, 0.15) is 0 Å². The van der Waals surface area contributed by atoms with Crippen LogP contribution in [0.25, 0.3) is 0 Å². The normalized spacial score (nSPS) is 13.8. The summed E-state index contributed by atoms with van der Waals surface area (Å²) in [7, 11) is 4.16. The van der Waals surface area contributed by atoms with Gasteiger partial charge in [-0.2, -0.15) is 5.10 Å². The van der Waals surface area contributed by atoms with Crippen molar-refractivity contribution in [1.82, 2.24) is 14.7 Å². The van der Waals surface area contributed by atoms with Crippen molar-refractivity contribution >= 4 is 22.6 Å². The Kier molecular flexibility index (Phi) is 3.52. The average molecular weight is 279 g/mol. The van der Waals surface area contributed by atoms with Gasteiger partial charge in [0.25, 0.3) is 0 Å². The molecule has 1 unspecified atom stereocenters. The second kappa shape index (κ2) is 4.23. The zero-order chi connectivity index (χ0) is 9.14. The van der Waals surface area contributed by atoms with Crippen LogP contribution in [0.1, 0.15) is 6.92 Å². The van der Waals surface area contributed by atoms with E-state index in [4.69, 9.17) is 0 Å². The second-order valence-electron chi connectivity index (χ2n) is 3.19. The maximum absolute atomic E-state index is 4.22. The van der Waals surface area contributed by atoms with Crippen molar-refractivity contribution in [3.63, 3.8) is 0 Å². The quantitative estimate of drug-likeness (QED) is 0.781. The van der Waals surface area contributed by atoms with Crippen molar-refractivity contribution in [2.24, 2.45) is 0 Å². The SMILES string of the molecule is CC(Cn1cc(I)cn1)N(C)C. The van der Waals surface area contributed by atoms with Gasteiger partial charge in [0.05, 0.1) is 16.3 Å². The molecule has 0 N–H and O–H groups in total. The highest BCUT2D eigenvalue weighted by molar-refractivity contribution is 14.1. The first-order valence-corrected chi connectivity index (χ1v) is 5.02. The highest BCUT2D eigenvalue weighted by Crippen LogP contribution is 2.03. The Morgan fingerprint density at radius 2 is 2.33 bits per heavy atom. The molecule has 0 saturated carbocycles. The third-order valence-electron chi connectivity index (χ3n) is 1.93. The topological polar surface area (TPSA) is 21.1 Å². The Morgan fingerprint density at radius 1 is 1.67 bits per heavy atom. The monoisotopic (exact) mass is 279 g/mol. The fourth-order valence-electron chi connectivity index (χ4n) is 0.872. The lowest BCUT2D eigenvalue weighted by Crippen LogP contribution is -2.29. The van der Waals surface area contributed by atoms with Crippen LogP contribution in [-0.2, 0) is 6.54 Å². The first-order chi connectivity index (χ1) is 5.59. The minimum Gasteiger partial charge on any atom is -0.305 e. The highest BCUT2D eigenvalue weighted by Gasteiger charge is 2.05. The molecule has 0 aliphatic rings. The Morgan fingerprint density at radius 3 is 2.75 bits per heavy atom. The van der Waals surface area contributed by atoms with Crippen molar-refractivity contribution in [1.29, 1.82) is 0 Å². The van der Waals surface area contributed by atoms with E-state index in [1.54, 1.807) is 0 Å². The minimum atomic E-state index is 0.528. The summed E-state index contributed by atoms with van der Waals surface area (Å²) in [4.78, 5) is 2.19. The van der Waals surface area contributed by atoms with Crippen LogP contribution in [0.2, 0.25) is 0 Å². The standard InChI is InChI=1S/C8H14IN3/c1-7(11(2)3)5-12-6-8(9)4-10-12/h4,6-7H,5H2,1-3H3. The van der Waals surface area contributed by atoms with E-state index >= 15 is 0 Å². The molecule has 68 valence electrons. The van der Waals surface area contributed by atoms with Gasteiger partial charge in [-0.3, -0.25) is 4.68 Å². The Balaban J connectivity index is 2.52. The van der Waals surface area contributed by atoms with E-state index in [1.807, 2.05) is 10.9 Å². The molecule has 12 heavy (non-hydrogen) atoms. The van der Waals surface area contributed by atoms with Gasteiger partial charge in [0, 0.05) is 12.2 Å². The predicted molar refractivity (Wildman–Crippen MR) is 58.1 cm³/mol. The molecule has 0 amide bonds. The maximum Gasteiger partial charge on any atom is 0.0623 e. The zero-order valence-corrected chi connectivity index (χ0v) is 9.82. The molecular weight excluding hydrogens is 265 g/mol. The summed E-state index contributed by atoms with van der Waals surface area (Å²) in [6.45, 7) is 3.14. The van der Waals surface area contributed by atoms with Gasteiger partial charge in [0.15, 0.2) is 0 Å². The van der Waals surface area contributed by atoms with Gasteiger partial charge < -0.3 is 4.90 Å². The fourth-order valence-corrected chi connectivity index (χ4v) is 1.32. The number of hydrogen-bond acceptors (Lipinski definition) is 2. The van der Waals surface area contributed by atoms with E-state index < -0.39 is 0 Å². The minimum absolute atomic E-state index is 0.528. The molecule has 4 heteroatoms. The summed E-state index contributed by atoms with van der Waals surface area (Å²) in [6, 6.07) is 0.528. The molecule has 1 rings (SSSR count). The van der Waals surface area contributed by atoms with Crippen LogP contribution in [0.15, 0.2) is 12.4 Å². The molecule has 0 aliphatic carbocycles. The second-order valence-corrected chi connectivity index (χ2v) is 4.44. The molecule has 1 aromatic rings. The lowest BCUT2D eigenvalue weighted by Gasteiger charge is -2.19. The lowest BCUT2D eigenvalue weighted by atomic mass is 10.3. The zero-order valence-electron chi connectivity index (χ0n) is 7.66. The van der Waals surface area contributed by atoms with Crippen LogP contribution in [0.3, 0.4) is 0 Å². The molecule has 0 radical (unpaired) electrons. The van der Waals surface area contributed by atoms with Crippen molar-refractivity contribution in [3.05, 3.63) is 16.0 Å². The number of likely N-dealkylation sites (N-methyl/N-ethyl adjacent to an activating group) is 1. The summed E-state index contributed by atoms with van der Waals surface area (Å²) >= 11 is 2.27. The van der Waals surface area contributed by atoms with Gasteiger partial charge in [-0.25, -0.2) is 0 Å². The molecule has 1 aromatic heterocycles. The summed E-state index contributed by atoms with van der Waals surface area (Å²) in [5, 5.41) is 4.22. The van der Waals surface area contributed by atoms with E-state index in [0.717, 1.165) is 6.54 Å². The van der Waals surface area contributed by atoms with Crippen molar-refractivity contribution in [2.45, 2.75) is 19.5 Å². The fraction of sp³-hybridized carbons (Fsp3) is 0.625. The molecule has 0 bridgehead atoms. The van der Waals surface area contributed by atoms with Crippen LogP contribution in [0.4, 0.5) is 0 Å². The Labute approximate surface area is 86.9 Å². The molecular formula is C8H14IN3. The Bertz CT molecular complexity index is 244. The molecule has 0 fully saturated rings. The first kappa shape index (κ1) is 9.98. The van der Waals surface area contributed by atoms with Crippen molar-refractivity contribution in [3.8, 4) is 0 Å². The van der Waals surface area contributed by atoms with Crippen LogP contribution in [0.5, 0.6) is 0 Å². The van der Waals surface area contributed by atoms with Crippen molar-refractivity contribution < 1.29 is 0 Å². The van der Waals surface area contributed by atoms with Gasteiger partial charge in [-0.05, 0) is 43.6 Å². The third-order valence-corrected chi connectivity index (χ3v) is 2.49. The van der Waals surface area contributed by atoms with Gasteiger partial charge in [-0.1, -0.05) is 0 Å². The van der Waals surface area contributed by atoms with Crippen LogP contribution < -0.4 is 0 Å². The average Bonchev–Trinajstić information content (AvgIpc) is 2.35. The van der Waals surface area contributed by atoms with E-state index in [9.17, 15) is 0 Å². The maximum atomic E-state index is 4.22. The van der Waals surface area contributed by atoms with Crippen LogP contribution >= 0.6 is 22.6 Å². The summed E-state index contributed by atoms with van der Waals surface area (Å²) in [6.07, 6.45) is 3.93. The molecule has 1 atom stereocenters. The largest absolute Gasteiger partial charge is 0.305 e. The molecule has 3 nitrogen and oxygen atoms in total. The Hall–Kier alpha value is -0.100. The summed E-state index contributed by atoms with van der Waals surface area (Å²) < 4.78 is 3.17. The van der Waals surface area contributed by atoms with E-state index in [-0.39, 0.29) is 0 Å². The number of rotatable bonds is 3. The van der Waals surface area contributed by atoms with E-state index in [2.05, 4.69) is 59.8 Å². The van der Waals surface area contributed by atoms with Crippen LogP contribution in [0, 0.1) is 3.57 Å². The highest BCUT2D eigenvalue weighted by atomic mass is 127. The number of nitrogens with zero attached hydrogens (tertiary/aromatic N) is 3. The number of hydrogen-bond donors (Lipinski definition) is 0. The molecule has 0 aliphatic heterocycles. The molecule has 0 spiro atoms. The molecule has 1 heterocycles. The van der Waals surface area contributed by atoms with E-state index in [0.29, 0.717) is 6.04 Å². The molecule has 0 saturated heterocycles. The van der Waals surface area contributed by atoms with Crippen LogP contribution in [-0.4, -0.2) is 34.8 Å².